The van der Waals surface area contributed by atoms with Gasteiger partial charge in [-0.1, -0.05) is 29.8 Å². The zero-order valence-corrected chi connectivity index (χ0v) is 18.4. The number of nitroso groups, excluding NO2 is 1. The zero-order valence-electron chi connectivity index (χ0n) is 16.8. The third-order valence-electron chi connectivity index (χ3n) is 5.27. The first-order valence-electron chi connectivity index (χ1n) is 9.58. The topological polar surface area (TPSA) is 118 Å². The average molecular weight is 469 g/mol. The number of sulfonamides is 1. The lowest BCUT2D eigenvalue weighted by molar-refractivity contribution is -0.379. The molecule has 0 unspecified atom stereocenters. The highest BCUT2D eigenvalue weighted by atomic mass is 35.5. The van der Waals surface area contributed by atoms with Gasteiger partial charge in [0.15, 0.2) is 0 Å². The molecule has 2 aliphatic rings. The molecule has 31 heavy (non-hydrogen) atoms. The Morgan fingerprint density at radius 3 is 2.48 bits per heavy atom. The summed E-state index contributed by atoms with van der Waals surface area (Å²) in [6, 6.07) is 11.4. The maximum atomic E-state index is 13.0. The lowest BCUT2D eigenvalue weighted by atomic mass is 10.0. The van der Waals surface area contributed by atoms with Gasteiger partial charge >= 0.3 is 6.09 Å². The van der Waals surface area contributed by atoms with E-state index < -0.39 is 16.1 Å². The van der Waals surface area contributed by atoms with E-state index in [0.29, 0.717) is 12.8 Å². The van der Waals surface area contributed by atoms with Crippen molar-refractivity contribution in [3.8, 4) is 0 Å². The van der Waals surface area contributed by atoms with Crippen molar-refractivity contribution >= 4 is 39.1 Å². The van der Waals surface area contributed by atoms with Crippen molar-refractivity contribution in [2.24, 2.45) is 0 Å². The molecule has 0 aromatic heterocycles. The first-order chi connectivity index (χ1) is 14.9. The Balaban J connectivity index is 0.00000132. The fourth-order valence-electron chi connectivity index (χ4n) is 3.75. The summed E-state index contributed by atoms with van der Waals surface area (Å²) >= 11 is 5.87. The molecule has 4 rings (SSSR count). The number of para-hydroxylation sites is 1. The van der Waals surface area contributed by atoms with Crippen molar-refractivity contribution in [1.82, 2.24) is 4.31 Å². The average Bonchev–Trinajstić information content (AvgIpc) is 2.80. The largest absolute Gasteiger partial charge is 0.444 e. The summed E-state index contributed by atoms with van der Waals surface area (Å²) in [6.45, 7) is 0.745. The molecule has 0 atom stereocenters. The van der Waals surface area contributed by atoms with Crippen LogP contribution in [0.5, 0.6) is 0 Å². The SMILES string of the molecule is CO.O=[NH+]c1cc(S(=O)(=O)N2CCC(N3C(=O)OCc4ccccc43)CC2)ccc1Cl. The van der Waals surface area contributed by atoms with E-state index in [4.69, 9.17) is 21.4 Å². The summed E-state index contributed by atoms with van der Waals surface area (Å²) < 4.78 is 32.6. The van der Waals surface area contributed by atoms with Crippen LogP contribution in [-0.4, -0.2) is 50.2 Å². The molecule has 1 amide bonds. The van der Waals surface area contributed by atoms with Crippen molar-refractivity contribution in [1.29, 1.82) is 0 Å². The minimum absolute atomic E-state index is 0.00132. The van der Waals surface area contributed by atoms with Gasteiger partial charge < -0.3 is 9.84 Å². The van der Waals surface area contributed by atoms with E-state index in [9.17, 15) is 18.1 Å². The highest BCUT2D eigenvalue weighted by molar-refractivity contribution is 7.89. The summed E-state index contributed by atoms with van der Waals surface area (Å²) in [6.07, 6.45) is 0.542. The van der Waals surface area contributed by atoms with Crippen LogP contribution in [-0.2, 0) is 21.4 Å². The summed E-state index contributed by atoms with van der Waals surface area (Å²) in [5.41, 5.74) is 1.75. The van der Waals surface area contributed by atoms with E-state index in [1.165, 1.54) is 22.5 Å². The van der Waals surface area contributed by atoms with Gasteiger partial charge in [0, 0.05) is 48.0 Å². The van der Waals surface area contributed by atoms with E-state index in [2.05, 4.69) is 0 Å². The molecule has 0 spiro atoms. The first kappa shape index (κ1) is 23.1. The maximum Gasteiger partial charge on any atom is 0.414 e. The van der Waals surface area contributed by atoms with Crippen molar-refractivity contribution in [3.05, 3.63) is 58.0 Å². The molecule has 1 fully saturated rings. The van der Waals surface area contributed by atoms with E-state index in [1.54, 1.807) is 10.1 Å². The third-order valence-corrected chi connectivity index (χ3v) is 7.50. The maximum absolute atomic E-state index is 13.0. The van der Waals surface area contributed by atoms with Gasteiger partial charge in [-0.15, -0.1) is 0 Å². The van der Waals surface area contributed by atoms with Crippen LogP contribution in [0.3, 0.4) is 0 Å². The number of hydrogen-bond acceptors (Lipinski definition) is 6. The number of amides is 1. The minimum atomic E-state index is -3.78. The number of carbonyl (C=O) groups is 1. The van der Waals surface area contributed by atoms with Crippen molar-refractivity contribution in [2.75, 3.05) is 25.1 Å². The van der Waals surface area contributed by atoms with Crippen LogP contribution in [0.1, 0.15) is 18.4 Å². The molecular weight excluding hydrogens is 446 g/mol. The number of fused-ring (bicyclic) bond motifs is 1. The molecule has 2 aromatic rings. The number of piperidine rings is 1. The molecule has 1 saturated heterocycles. The lowest BCUT2D eigenvalue weighted by Crippen LogP contribution is -2.56. The van der Waals surface area contributed by atoms with Crippen LogP contribution >= 0.6 is 11.6 Å². The molecule has 0 aliphatic carbocycles. The summed E-state index contributed by atoms with van der Waals surface area (Å²) in [5, 5.41) is 8.80. The number of ether oxygens (including phenoxy) is 1. The van der Waals surface area contributed by atoms with Gasteiger partial charge in [0.05, 0.1) is 10.6 Å². The fourth-order valence-corrected chi connectivity index (χ4v) is 5.41. The molecule has 2 heterocycles. The van der Waals surface area contributed by atoms with Crippen LogP contribution in [0.4, 0.5) is 16.2 Å². The highest BCUT2D eigenvalue weighted by Crippen LogP contribution is 2.33. The second-order valence-corrected chi connectivity index (χ2v) is 9.28. The van der Waals surface area contributed by atoms with Crippen molar-refractivity contribution in [3.63, 3.8) is 0 Å². The Labute approximate surface area is 185 Å². The Hall–Kier alpha value is -2.53. The number of carbonyl (C=O) groups excluding carboxylic acids is 1. The molecule has 9 nitrogen and oxygen atoms in total. The summed E-state index contributed by atoms with van der Waals surface area (Å²) in [4.78, 5) is 25.0. The number of anilines is 1. The van der Waals surface area contributed by atoms with Gasteiger partial charge in [-0.2, -0.15) is 4.31 Å². The zero-order chi connectivity index (χ0) is 22.6. The standard InChI is InChI=1S/C19H18ClN3O5S.CH4O/c20-16-6-5-15(11-17(16)21-25)29(26,27)22-9-7-14(8-10-22)23-18-4-2-1-3-13(18)12-28-19(23)24;1-2/h1-6,11,14H,7-10,12H2;2H,1H3/p+1. The number of cyclic esters (lactones) is 1. The van der Waals surface area contributed by atoms with Crippen LogP contribution in [0.25, 0.3) is 0 Å². The second-order valence-electron chi connectivity index (χ2n) is 6.93. The van der Waals surface area contributed by atoms with E-state index in [0.717, 1.165) is 18.4 Å². The smallest absolute Gasteiger partial charge is 0.414 e. The Morgan fingerprint density at radius 1 is 1.13 bits per heavy atom. The Morgan fingerprint density at radius 2 is 1.81 bits per heavy atom. The van der Waals surface area contributed by atoms with Gasteiger partial charge in [-0.25, -0.2) is 13.2 Å². The monoisotopic (exact) mass is 468 g/mol. The van der Waals surface area contributed by atoms with Crippen molar-refractivity contribution < 1.29 is 28.2 Å². The van der Waals surface area contributed by atoms with Crippen LogP contribution < -0.4 is 10.1 Å². The van der Waals surface area contributed by atoms with Crippen LogP contribution in [0, 0.1) is 4.91 Å². The Bertz CT molecular complexity index is 1070. The Kier molecular flexibility index (Phi) is 7.26. The predicted molar refractivity (Wildman–Crippen MR) is 114 cm³/mol. The molecule has 0 saturated carbocycles. The third kappa shape index (κ3) is 4.57. The van der Waals surface area contributed by atoms with Gasteiger partial charge in [-0.3, -0.25) is 4.90 Å². The molecule has 0 radical (unpaired) electrons. The minimum Gasteiger partial charge on any atom is -0.444 e. The number of nitrogens with one attached hydrogen (secondary N) is 1. The number of nitrogens with zero attached hydrogens (tertiary/aromatic N) is 2. The predicted octanol–water partition coefficient (Wildman–Crippen LogP) is 1.74. The van der Waals surface area contributed by atoms with Crippen LogP contribution in [0.2, 0.25) is 5.02 Å². The summed E-state index contributed by atoms with van der Waals surface area (Å²) in [7, 11) is -2.78. The van der Waals surface area contributed by atoms with Gasteiger partial charge in [0.2, 0.25) is 10.0 Å². The number of hydrogen-bond donors (Lipinski definition) is 2. The number of rotatable bonds is 4. The normalized spacial score (nSPS) is 17.3. The number of aliphatic hydroxyl groups is 1. The van der Waals surface area contributed by atoms with Gasteiger partial charge in [0.25, 0.3) is 5.69 Å². The van der Waals surface area contributed by atoms with Crippen molar-refractivity contribution in [2.45, 2.75) is 30.4 Å². The number of halogens is 1. The number of aliphatic hydroxyl groups excluding tert-OH is 1. The second kappa shape index (κ2) is 9.73. The van der Waals surface area contributed by atoms with Crippen LogP contribution in [0.15, 0.2) is 47.4 Å². The number of benzene rings is 2. The quantitative estimate of drug-likeness (QED) is 0.705. The molecule has 2 aliphatic heterocycles. The molecule has 166 valence electrons. The first-order valence-corrected chi connectivity index (χ1v) is 11.4. The summed E-state index contributed by atoms with van der Waals surface area (Å²) in [5.74, 6) is 0. The lowest BCUT2D eigenvalue weighted by Gasteiger charge is -2.39. The van der Waals surface area contributed by atoms with Gasteiger partial charge in [-0.05, 0) is 31.0 Å². The van der Waals surface area contributed by atoms with Gasteiger partial charge in [0.1, 0.15) is 11.6 Å². The molecule has 2 N–H and O–H groups in total. The highest BCUT2D eigenvalue weighted by Gasteiger charge is 2.37. The molecule has 0 bridgehead atoms. The fraction of sp³-hybridized carbons (Fsp3) is 0.350. The molecule has 11 heteroatoms. The van der Waals surface area contributed by atoms with E-state index in [-0.39, 0.29) is 41.3 Å². The molecule has 2 aromatic carbocycles. The van der Waals surface area contributed by atoms with E-state index in [1.807, 2.05) is 24.3 Å². The van der Waals surface area contributed by atoms with E-state index >= 15 is 0 Å². The molecular formula is C20H23ClN3O6S+.